The number of carbonyl (C=O) groups excluding carboxylic acids is 1. The molecule has 18 heteroatoms. The summed E-state index contributed by atoms with van der Waals surface area (Å²) in [6.45, 7) is 0.694. The van der Waals surface area contributed by atoms with E-state index < -0.39 is 48.5 Å². The number of nitrogens with zero attached hydrogens (tertiary/aromatic N) is 5. The largest absolute Gasteiger partial charge is 0.481 e. The summed E-state index contributed by atoms with van der Waals surface area (Å²) in [5.74, 6) is 0.0365. The molecule has 1 fully saturated rings. The molecule has 1 saturated carbocycles. The number of aliphatic carboxylic acids is 1. The molecule has 0 unspecified atom stereocenters. The molecule has 226 valence electrons. The number of carboxylic acid groups (broad SMARTS) is 1. The summed E-state index contributed by atoms with van der Waals surface area (Å²) in [6.07, 6.45) is 4.25. The van der Waals surface area contributed by atoms with E-state index >= 15 is 0 Å². The lowest BCUT2D eigenvalue weighted by Crippen LogP contribution is -2.28. The number of nitro benzene ring substituents is 3. The Labute approximate surface area is 237 Å². The zero-order valence-electron chi connectivity index (χ0n) is 22.3. The van der Waals surface area contributed by atoms with Gasteiger partial charge in [-0.15, -0.1) is 0 Å². The van der Waals surface area contributed by atoms with Crippen LogP contribution in [0.1, 0.15) is 37.7 Å². The number of ether oxygens (including phenoxy) is 1. The van der Waals surface area contributed by atoms with Crippen LogP contribution < -0.4 is 15.5 Å². The van der Waals surface area contributed by atoms with Crippen LogP contribution in [0.3, 0.4) is 0 Å². The predicted molar refractivity (Wildman–Crippen MR) is 144 cm³/mol. The van der Waals surface area contributed by atoms with Crippen LogP contribution in [0.25, 0.3) is 0 Å². The van der Waals surface area contributed by atoms with E-state index in [0.29, 0.717) is 36.8 Å². The molecule has 3 N–H and O–H groups in total. The lowest BCUT2D eigenvalue weighted by atomic mass is 9.82. The number of non-ortho nitro benzene ring substituents is 1. The van der Waals surface area contributed by atoms with Crippen molar-refractivity contribution in [3.05, 3.63) is 82.4 Å². The predicted octanol–water partition coefficient (Wildman–Crippen LogP) is 3.41. The molecule has 3 rings (SSSR count). The smallest absolute Gasteiger partial charge is 0.314 e. The number of hydrogen-bond acceptors (Lipinski definition) is 12. The van der Waals surface area contributed by atoms with Gasteiger partial charge < -0.3 is 15.6 Å². The van der Waals surface area contributed by atoms with Crippen LogP contribution in [0, 0.1) is 52.3 Å². The number of hydrogen-bond donors (Lipinski definition) is 2. The number of nitro groups is 4. The fourth-order valence-corrected chi connectivity index (χ4v) is 4.20. The maximum absolute atomic E-state index is 12.1. The van der Waals surface area contributed by atoms with Crippen molar-refractivity contribution in [3.8, 4) is 5.75 Å². The van der Waals surface area contributed by atoms with Gasteiger partial charge in [0.1, 0.15) is 5.75 Å². The van der Waals surface area contributed by atoms with Gasteiger partial charge in [-0.3, -0.25) is 39.9 Å². The van der Waals surface area contributed by atoms with E-state index in [1.54, 1.807) is 24.3 Å². The van der Waals surface area contributed by atoms with Crippen LogP contribution in [0.4, 0.5) is 22.7 Å². The second kappa shape index (κ2) is 14.9. The number of rotatable bonds is 11. The SMILES string of the molecule is CN(c1c([N+](=O)[O-])cc([N+](=O)[O-])cc1[N+](=O)[O-])[N+](=O)[O-].NC[C@H]1CC[C@H](C(=O)Oc2ccc(CCC(=O)O)cc2)CC1. The number of aryl methyl sites for hydroxylation is 1. The second-order valence-corrected chi connectivity index (χ2v) is 9.28. The van der Waals surface area contributed by atoms with Crippen molar-refractivity contribution in [2.45, 2.75) is 38.5 Å². The molecule has 0 bridgehead atoms. The zero-order chi connectivity index (χ0) is 31.6. The summed E-state index contributed by atoms with van der Waals surface area (Å²) in [4.78, 5) is 62.1. The summed E-state index contributed by atoms with van der Waals surface area (Å²) in [5.41, 5.74) is 2.50. The van der Waals surface area contributed by atoms with Gasteiger partial charge in [-0.25, -0.2) is 10.1 Å². The first-order chi connectivity index (χ1) is 19.7. The molecule has 0 saturated heterocycles. The molecule has 0 heterocycles. The van der Waals surface area contributed by atoms with E-state index in [-0.39, 0.29) is 23.3 Å². The Hall–Kier alpha value is -5.26. The Morgan fingerprint density at radius 2 is 1.45 bits per heavy atom. The van der Waals surface area contributed by atoms with Crippen molar-refractivity contribution in [3.63, 3.8) is 0 Å². The molecule has 0 spiro atoms. The Morgan fingerprint density at radius 3 is 1.86 bits per heavy atom. The minimum atomic E-state index is -1.17. The van der Waals surface area contributed by atoms with Crippen LogP contribution in [-0.2, 0) is 16.0 Å². The fourth-order valence-electron chi connectivity index (χ4n) is 4.20. The second-order valence-electron chi connectivity index (χ2n) is 9.28. The summed E-state index contributed by atoms with van der Waals surface area (Å²) in [5, 5.41) is 50.4. The van der Waals surface area contributed by atoms with Crippen molar-refractivity contribution >= 4 is 34.7 Å². The quantitative estimate of drug-likeness (QED) is 0.164. The first-order valence-electron chi connectivity index (χ1n) is 12.5. The lowest BCUT2D eigenvalue weighted by molar-refractivity contribution is -0.493. The fraction of sp³-hybridized carbons (Fsp3) is 0.417. The average Bonchev–Trinajstić information content (AvgIpc) is 2.95. The Bertz CT molecular complexity index is 1310. The van der Waals surface area contributed by atoms with Gasteiger partial charge in [0.05, 0.1) is 39.9 Å². The van der Waals surface area contributed by atoms with Crippen molar-refractivity contribution in [2.24, 2.45) is 17.6 Å². The van der Waals surface area contributed by atoms with E-state index in [9.17, 15) is 50.0 Å². The number of anilines is 1. The van der Waals surface area contributed by atoms with Gasteiger partial charge >= 0.3 is 23.3 Å². The van der Waals surface area contributed by atoms with Crippen LogP contribution in [-0.4, -0.2) is 50.4 Å². The minimum Gasteiger partial charge on any atom is -0.481 e. The highest BCUT2D eigenvalue weighted by Gasteiger charge is 2.37. The Kier molecular flexibility index (Phi) is 11.7. The van der Waals surface area contributed by atoms with E-state index in [0.717, 1.165) is 38.3 Å². The van der Waals surface area contributed by atoms with Crippen molar-refractivity contribution < 1.29 is 39.2 Å². The Morgan fingerprint density at radius 1 is 0.929 bits per heavy atom. The number of benzene rings is 2. The monoisotopic (exact) mass is 592 g/mol. The molecule has 1 aliphatic rings. The first kappa shape index (κ1) is 32.9. The van der Waals surface area contributed by atoms with Crippen LogP contribution >= 0.6 is 0 Å². The number of carbonyl (C=O) groups is 2. The molecule has 0 amide bonds. The van der Waals surface area contributed by atoms with Crippen LogP contribution in [0.2, 0.25) is 0 Å². The third-order valence-corrected chi connectivity index (χ3v) is 6.51. The topological polar surface area (TPSA) is 265 Å². The van der Waals surface area contributed by atoms with Gasteiger partial charge in [0.15, 0.2) is 5.03 Å². The molecular formula is C24H28N6O12. The highest BCUT2D eigenvalue weighted by atomic mass is 16.7. The molecule has 1 aliphatic carbocycles. The standard InChI is InChI=1S/C17H23NO4.C7H5N5O8/c18-11-13-1-6-14(7-2-13)17(21)22-15-8-3-12(4-9-15)5-10-16(19)20;1-8(12(19)20)7-5(10(15)16)2-4(9(13)14)3-6(7)11(17)18/h3-4,8-9,13-14H,1-2,5-7,10-11,18H2,(H,19,20);2-3H,1H3/t13-,14-;. The number of hydrazine groups is 1. The molecule has 2 aromatic carbocycles. The maximum atomic E-state index is 12.1. The van der Waals surface area contributed by atoms with Crippen molar-refractivity contribution in [1.82, 2.24) is 0 Å². The minimum absolute atomic E-state index is 0.0329. The van der Waals surface area contributed by atoms with Gasteiger partial charge in [0, 0.05) is 6.42 Å². The third-order valence-electron chi connectivity index (χ3n) is 6.51. The van der Waals surface area contributed by atoms with Gasteiger partial charge in [-0.1, -0.05) is 17.1 Å². The van der Waals surface area contributed by atoms with E-state index in [2.05, 4.69) is 0 Å². The van der Waals surface area contributed by atoms with Gasteiger partial charge in [-0.2, -0.15) is 0 Å². The van der Waals surface area contributed by atoms with Gasteiger partial charge in [0.2, 0.25) is 0 Å². The molecule has 0 aromatic heterocycles. The van der Waals surface area contributed by atoms with Crippen LogP contribution in [0.5, 0.6) is 5.75 Å². The third kappa shape index (κ3) is 9.15. The molecule has 0 radical (unpaired) electrons. The van der Waals surface area contributed by atoms with Crippen molar-refractivity contribution in [1.29, 1.82) is 0 Å². The van der Waals surface area contributed by atoms with Gasteiger partial charge in [-0.05, 0) is 62.3 Å². The van der Waals surface area contributed by atoms with E-state index in [1.165, 1.54) is 0 Å². The van der Waals surface area contributed by atoms with Crippen molar-refractivity contribution in [2.75, 3.05) is 18.6 Å². The highest BCUT2D eigenvalue weighted by Crippen LogP contribution is 2.40. The summed E-state index contributed by atoms with van der Waals surface area (Å²) < 4.78 is 5.42. The summed E-state index contributed by atoms with van der Waals surface area (Å²) in [7, 11) is 0.751. The first-order valence-corrected chi connectivity index (χ1v) is 12.5. The van der Waals surface area contributed by atoms with E-state index in [4.69, 9.17) is 15.6 Å². The molecule has 0 aliphatic heterocycles. The molecule has 18 nitrogen and oxygen atoms in total. The molecule has 2 aromatic rings. The number of nitrogens with two attached hydrogens (primary N) is 1. The van der Waals surface area contributed by atoms with Crippen LogP contribution in [0.15, 0.2) is 36.4 Å². The number of carboxylic acids is 1. The lowest BCUT2D eigenvalue weighted by Gasteiger charge is -2.26. The maximum Gasteiger partial charge on any atom is 0.314 e. The summed E-state index contributed by atoms with van der Waals surface area (Å²) >= 11 is 0. The normalized spacial score (nSPS) is 15.9. The molecule has 0 atom stereocenters. The summed E-state index contributed by atoms with van der Waals surface area (Å²) in [6, 6.07) is 7.89. The average molecular weight is 593 g/mol. The molecular weight excluding hydrogens is 564 g/mol. The van der Waals surface area contributed by atoms with E-state index in [1.807, 2.05) is 0 Å². The number of esters is 1. The Balaban J connectivity index is 0.000000295. The highest BCUT2D eigenvalue weighted by molar-refractivity contribution is 5.77. The molecule has 42 heavy (non-hydrogen) atoms. The zero-order valence-corrected chi connectivity index (χ0v) is 22.3. The van der Waals surface area contributed by atoms with Gasteiger partial charge in [0.25, 0.3) is 11.4 Å².